The molecule has 0 spiro atoms. The van der Waals surface area contributed by atoms with E-state index >= 15 is 0 Å². The van der Waals surface area contributed by atoms with Crippen LogP contribution in [0.2, 0.25) is 0 Å². The molecule has 0 aliphatic carbocycles. The summed E-state index contributed by atoms with van der Waals surface area (Å²) in [6.45, 7) is 3.84. The van der Waals surface area contributed by atoms with E-state index in [4.69, 9.17) is 4.42 Å². The average Bonchev–Trinajstić information content (AvgIpc) is 2.78. The predicted octanol–water partition coefficient (Wildman–Crippen LogP) is 3.01. The van der Waals surface area contributed by atoms with Crippen molar-refractivity contribution in [3.8, 4) is 0 Å². The first kappa shape index (κ1) is 12.4. The lowest BCUT2D eigenvalue weighted by Crippen LogP contribution is -2.29. The first-order valence-corrected chi connectivity index (χ1v) is 6.08. The van der Waals surface area contributed by atoms with Gasteiger partial charge in [0, 0.05) is 12.5 Å². The maximum atomic E-state index is 11.7. The largest absolute Gasteiger partial charge is 0.456 e. The predicted molar refractivity (Wildman–Crippen MR) is 70.6 cm³/mol. The maximum Gasteiger partial charge on any atom is 0.287 e. The molecule has 0 bridgehead atoms. The molecule has 18 heavy (non-hydrogen) atoms. The molecule has 94 valence electrons. The number of hydrogen-bond acceptors (Lipinski definition) is 2. The van der Waals surface area contributed by atoms with E-state index in [1.54, 1.807) is 6.07 Å². The number of benzene rings is 1. The average molecular weight is 243 g/mol. The Morgan fingerprint density at radius 2 is 1.89 bits per heavy atom. The van der Waals surface area contributed by atoms with E-state index in [0.717, 1.165) is 5.76 Å². The van der Waals surface area contributed by atoms with Crippen molar-refractivity contribution < 1.29 is 9.21 Å². The molecule has 0 radical (unpaired) electrons. The normalized spacial score (nSPS) is 10.6. The molecule has 0 aliphatic rings. The summed E-state index contributed by atoms with van der Waals surface area (Å²) >= 11 is 0. The second-order valence-corrected chi connectivity index (χ2v) is 4.56. The second kappa shape index (κ2) is 5.54. The summed E-state index contributed by atoms with van der Waals surface area (Å²) in [6.07, 6.45) is 0.704. The lowest BCUT2D eigenvalue weighted by molar-refractivity contribution is 0.0913. The Kier molecular flexibility index (Phi) is 3.82. The standard InChI is InChI=1S/C15H17NO2/c1-11(2)16-15(17)14-9-8-13(18-14)10-12-6-4-3-5-7-12/h3-9,11H,10H2,1-2H3,(H,16,17). The summed E-state index contributed by atoms with van der Waals surface area (Å²) in [6, 6.07) is 13.7. The minimum Gasteiger partial charge on any atom is -0.456 e. The van der Waals surface area contributed by atoms with Gasteiger partial charge in [-0.25, -0.2) is 0 Å². The van der Waals surface area contributed by atoms with E-state index in [-0.39, 0.29) is 11.9 Å². The summed E-state index contributed by atoms with van der Waals surface area (Å²) in [5.41, 5.74) is 1.17. The van der Waals surface area contributed by atoms with Crippen LogP contribution in [0.5, 0.6) is 0 Å². The molecule has 0 fully saturated rings. The van der Waals surface area contributed by atoms with Crippen LogP contribution in [-0.2, 0) is 6.42 Å². The van der Waals surface area contributed by atoms with Crippen LogP contribution in [0.25, 0.3) is 0 Å². The smallest absolute Gasteiger partial charge is 0.287 e. The molecule has 3 nitrogen and oxygen atoms in total. The second-order valence-electron chi connectivity index (χ2n) is 4.56. The minimum atomic E-state index is -0.163. The van der Waals surface area contributed by atoms with Crippen LogP contribution in [0.1, 0.15) is 35.7 Å². The fourth-order valence-electron chi connectivity index (χ4n) is 1.73. The van der Waals surface area contributed by atoms with E-state index in [1.165, 1.54) is 5.56 Å². The zero-order valence-corrected chi connectivity index (χ0v) is 10.6. The molecule has 2 aromatic rings. The molecule has 0 saturated carbocycles. The van der Waals surface area contributed by atoms with Gasteiger partial charge in [0.25, 0.3) is 5.91 Å². The first-order chi connectivity index (χ1) is 8.65. The summed E-state index contributed by atoms with van der Waals surface area (Å²) in [5.74, 6) is 1.01. The van der Waals surface area contributed by atoms with Gasteiger partial charge in [-0.2, -0.15) is 0 Å². The van der Waals surface area contributed by atoms with E-state index < -0.39 is 0 Å². The van der Waals surface area contributed by atoms with Crippen LogP contribution >= 0.6 is 0 Å². The van der Waals surface area contributed by atoms with Gasteiger partial charge in [-0.1, -0.05) is 30.3 Å². The van der Waals surface area contributed by atoms with Crippen molar-refractivity contribution in [3.63, 3.8) is 0 Å². The topological polar surface area (TPSA) is 42.2 Å². The number of rotatable bonds is 4. The van der Waals surface area contributed by atoms with Gasteiger partial charge >= 0.3 is 0 Å². The molecule has 1 aromatic heterocycles. The number of furan rings is 1. The molecule has 0 aliphatic heterocycles. The third kappa shape index (κ3) is 3.23. The molecule has 0 unspecified atom stereocenters. The molecule has 1 N–H and O–H groups in total. The maximum absolute atomic E-state index is 11.7. The van der Waals surface area contributed by atoms with Crippen LogP contribution < -0.4 is 5.32 Å². The molecule has 0 atom stereocenters. The van der Waals surface area contributed by atoms with Gasteiger partial charge < -0.3 is 9.73 Å². The van der Waals surface area contributed by atoms with Gasteiger partial charge in [-0.3, -0.25) is 4.79 Å². The molecule has 1 heterocycles. The van der Waals surface area contributed by atoms with Crippen molar-refractivity contribution in [3.05, 3.63) is 59.5 Å². The summed E-state index contributed by atoms with van der Waals surface area (Å²) in [4.78, 5) is 11.7. The molecule has 3 heteroatoms. The SMILES string of the molecule is CC(C)NC(=O)c1ccc(Cc2ccccc2)o1. The number of carbonyl (C=O) groups is 1. The van der Waals surface area contributed by atoms with Crippen molar-refractivity contribution in [2.24, 2.45) is 0 Å². The third-order valence-corrected chi connectivity index (χ3v) is 2.53. The minimum absolute atomic E-state index is 0.111. The van der Waals surface area contributed by atoms with E-state index in [1.807, 2.05) is 50.2 Å². The van der Waals surface area contributed by atoms with E-state index in [0.29, 0.717) is 12.2 Å². The van der Waals surface area contributed by atoms with Crippen molar-refractivity contribution in [2.75, 3.05) is 0 Å². The molecule has 2 rings (SSSR count). The van der Waals surface area contributed by atoms with Gasteiger partial charge in [0.15, 0.2) is 5.76 Å². The highest BCUT2D eigenvalue weighted by molar-refractivity contribution is 5.91. The highest BCUT2D eigenvalue weighted by atomic mass is 16.3. The van der Waals surface area contributed by atoms with Gasteiger partial charge in [0.05, 0.1) is 0 Å². The molecular weight excluding hydrogens is 226 g/mol. The fraction of sp³-hybridized carbons (Fsp3) is 0.267. The van der Waals surface area contributed by atoms with Crippen LogP contribution in [0.3, 0.4) is 0 Å². The van der Waals surface area contributed by atoms with Crippen molar-refractivity contribution >= 4 is 5.91 Å². The Morgan fingerprint density at radius 3 is 2.56 bits per heavy atom. The van der Waals surface area contributed by atoms with Crippen LogP contribution in [0.4, 0.5) is 0 Å². The highest BCUT2D eigenvalue weighted by Gasteiger charge is 2.11. The zero-order chi connectivity index (χ0) is 13.0. The van der Waals surface area contributed by atoms with Gasteiger partial charge in [0.2, 0.25) is 0 Å². The summed E-state index contributed by atoms with van der Waals surface area (Å²) in [5, 5.41) is 2.80. The van der Waals surface area contributed by atoms with Gasteiger partial charge in [0.1, 0.15) is 5.76 Å². The Morgan fingerprint density at radius 1 is 1.17 bits per heavy atom. The van der Waals surface area contributed by atoms with E-state index in [2.05, 4.69) is 5.32 Å². The lowest BCUT2D eigenvalue weighted by Gasteiger charge is -2.05. The molecular formula is C15H17NO2. The first-order valence-electron chi connectivity index (χ1n) is 6.08. The lowest BCUT2D eigenvalue weighted by atomic mass is 10.1. The van der Waals surface area contributed by atoms with E-state index in [9.17, 15) is 4.79 Å². The quantitative estimate of drug-likeness (QED) is 0.897. The van der Waals surface area contributed by atoms with Crippen molar-refractivity contribution in [2.45, 2.75) is 26.3 Å². The fourth-order valence-corrected chi connectivity index (χ4v) is 1.73. The van der Waals surface area contributed by atoms with Crippen LogP contribution in [0, 0.1) is 0 Å². The van der Waals surface area contributed by atoms with Gasteiger partial charge in [-0.05, 0) is 31.5 Å². The zero-order valence-electron chi connectivity index (χ0n) is 10.6. The number of nitrogens with one attached hydrogen (secondary N) is 1. The van der Waals surface area contributed by atoms with Gasteiger partial charge in [-0.15, -0.1) is 0 Å². The Bertz CT molecular complexity index is 514. The number of amides is 1. The Balaban J connectivity index is 2.04. The summed E-state index contributed by atoms with van der Waals surface area (Å²) < 4.78 is 5.54. The Hall–Kier alpha value is -2.03. The molecule has 1 aromatic carbocycles. The molecule has 0 saturated heterocycles. The third-order valence-electron chi connectivity index (χ3n) is 2.53. The molecule has 1 amide bonds. The van der Waals surface area contributed by atoms with Crippen LogP contribution in [0.15, 0.2) is 46.9 Å². The summed E-state index contributed by atoms with van der Waals surface area (Å²) in [7, 11) is 0. The number of hydrogen-bond donors (Lipinski definition) is 1. The monoisotopic (exact) mass is 243 g/mol. The Labute approximate surface area is 107 Å². The highest BCUT2D eigenvalue weighted by Crippen LogP contribution is 2.13. The van der Waals surface area contributed by atoms with Crippen molar-refractivity contribution in [1.29, 1.82) is 0 Å². The van der Waals surface area contributed by atoms with Crippen molar-refractivity contribution in [1.82, 2.24) is 5.32 Å². The number of carbonyl (C=O) groups excluding carboxylic acids is 1. The van der Waals surface area contributed by atoms with Crippen LogP contribution in [-0.4, -0.2) is 11.9 Å².